The highest BCUT2D eigenvalue weighted by Gasteiger charge is 2.10. The summed E-state index contributed by atoms with van der Waals surface area (Å²) in [6.07, 6.45) is 1.44. The average Bonchev–Trinajstić information content (AvgIpc) is 2.27. The number of rotatable bonds is 3. The van der Waals surface area contributed by atoms with Gasteiger partial charge in [0.15, 0.2) is 5.75 Å². The fraction of sp³-hybridized carbons (Fsp3) is 0.0909. The number of ether oxygens (including phenoxy) is 2. The molecule has 0 aliphatic heterocycles. The molecule has 0 saturated carbocycles. The second-order valence-electron chi connectivity index (χ2n) is 3.23. The first-order valence-corrected chi connectivity index (χ1v) is 5.97. The molecule has 1 aromatic carbocycles. The van der Waals surface area contributed by atoms with Gasteiger partial charge in [0.05, 0.1) is 13.3 Å². The van der Waals surface area contributed by atoms with Gasteiger partial charge in [0.2, 0.25) is 5.16 Å². The van der Waals surface area contributed by atoms with Gasteiger partial charge in [-0.3, -0.25) is 0 Å². The lowest BCUT2D eigenvalue weighted by Gasteiger charge is -2.09. The Balaban J connectivity index is 2.35. The van der Waals surface area contributed by atoms with Crippen LogP contribution in [0.1, 0.15) is 0 Å². The molecule has 18 heavy (non-hydrogen) atoms. The van der Waals surface area contributed by atoms with Crippen molar-refractivity contribution >= 4 is 35.8 Å². The summed E-state index contributed by atoms with van der Waals surface area (Å²) in [6.45, 7) is 0. The Kier molecular flexibility index (Phi) is 4.06. The Bertz CT molecular complexity index is 561. The van der Waals surface area contributed by atoms with Crippen LogP contribution in [0.4, 0.5) is 0 Å². The standard InChI is InChI=1S/C11H7Cl2N2O2S/c1-16-9-5-14-11(18)15-10(9)17-8-3-6(12)2-7(13)4-8/h2-5H,1H3. The van der Waals surface area contributed by atoms with Crippen LogP contribution >= 0.6 is 35.8 Å². The topological polar surface area (TPSA) is 44.2 Å². The van der Waals surface area contributed by atoms with Crippen molar-refractivity contribution in [1.82, 2.24) is 9.97 Å². The molecule has 1 aromatic heterocycles. The van der Waals surface area contributed by atoms with E-state index in [-0.39, 0.29) is 11.0 Å². The fourth-order valence-corrected chi connectivity index (χ4v) is 1.89. The SMILES string of the molecule is COc1cnc([S])nc1Oc1cc(Cl)cc(Cl)c1. The van der Waals surface area contributed by atoms with Crippen LogP contribution in [-0.2, 0) is 0 Å². The average molecular weight is 302 g/mol. The van der Waals surface area contributed by atoms with Crippen molar-refractivity contribution < 1.29 is 9.47 Å². The number of nitrogens with zero attached hydrogens (tertiary/aromatic N) is 2. The quantitative estimate of drug-likeness (QED) is 0.799. The van der Waals surface area contributed by atoms with Gasteiger partial charge in [0, 0.05) is 10.0 Å². The zero-order valence-corrected chi connectivity index (χ0v) is 11.5. The normalized spacial score (nSPS) is 10.2. The van der Waals surface area contributed by atoms with Crippen LogP contribution in [0.3, 0.4) is 0 Å². The molecule has 4 nitrogen and oxygen atoms in total. The van der Waals surface area contributed by atoms with E-state index in [1.807, 2.05) is 0 Å². The van der Waals surface area contributed by atoms with Crippen molar-refractivity contribution in [2.45, 2.75) is 5.16 Å². The smallest absolute Gasteiger partial charge is 0.266 e. The summed E-state index contributed by atoms with van der Waals surface area (Å²) in [7, 11) is 1.49. The maximum absolute atomic E-state index is 5.87. The van der Waals surface area contributed by atoms with Crippen molar-refractivity contribution in [2.75, 3.05) is 7.11 Å². The molecule has 0 N–H and O–H groups in total. The van der Waals surface area contributed by atoms with Gasteiger partial charge in [0.1, 0.15) is 5.75 Å². The zero-order chi connectivity index (χ0) is 13.1. The molecule has 1 radical (unpaired) electrons. The van der Waals surface area contributed by atoms with Gasteiger partial charge in [-0.1, -0.05) is 23.2 Å². The van der Waals surface area contributed by atoms with Crippen molar-refractivity contribution in [2.24, 2.45) is 0 Å². The first-order valence-electron chi connectivity index (χ1n) is 4.80. The van der Waals surface area contributed by atoms with E-state index in [4.69, 9.17) is 45.3 Å². The van der Waals surface area contributed by atoms with Gasteiger partial charge in [-0.15, -0.1) is 0 Å². The van der Waals surface area contributed by atoms with Crippen LogP contribution in [0.2, 0.25) is 10.0 Å². The molecule has 2 aromatic rings. The van der Waals surface area contributed by atoms with Crippen LogP contribution in [0.25, 0.3) is 0 Å². The Morgan fingerprint density at radius 1 is 1.17 bits per heavy atom. The molecule has 0 aliphatic rings. The molecule has 93 valence electrons. The van der Waals surface area contributed by atoms with Crippen LogP contribution in [0, 0.1) is 0 Å². The summed E-state index contributed by atoms with van der Waals surface area (Å²) < 4.78 is 10.6. The molecule has 0 fully saturated rings. The third kappa shape index (κ3) is 3.13. The molecular formula is C11H7Cl2N2O2S. The first-order chi connectivity index (χ1) is 8.58. The second kappa shape index (κ2) is 5.56. The van der Waals surface area contributed by atoms with E-state index in [2.05, 4.69) is 9.97 Å². The van der Waals surface area contributed by atoms with Gasteiger partial charge in [-0.2, -0.15) is 4.98 Å². The number of benzene rings is 1. The first kappa shape index (κ1) is 13.1. The van der Waals surface area contributed by atoms with Crippen molar-refractivity contribution in [1.29, 1.82) is 0 Å². The maximum atomic E-state index is 5.87. The lowest BCUT2D eigenvalue weighted by molar-refractivity contribution is 0.363. The van der Waals surface area contributed by atoms with Crippen molar-refractivity contribution in [3.8, 4) is 17.4 Å². The molecule has 0 atom stereocenters. The Morgan fingerprint density at radius 2 is 1.83 bits per heavy atom. The monoisotopic (exact) mass is 301 g/mol. The molecule has 0 aliphatic carbocycles. The molecule has 0 bridgehead atoms. The van der Waals surface area contributed by atoms with Crippen LogP contribution in [0.5, 0.6) is 17.4 Å². The van der Waals surface area contributed by atoms with Gasteiger partial charge < -0.3 is 9.47 Å². The molecule has 0 amide bonds. The van der Waals surface area contributed by atoms with Crippen LogP contribution < -0.4 is 9.47 Å². The highest BCUT2D eigenvalue weighted by molar-refractivity contribution is 7.80. The number of methoxy groups -OCH3 is 1. The molecule has 0 spiro atoms. The number of hydrogen-bond donors (Lipinski definition) is 0. The third-order valence-corrected chi connectivity index (χ3v) is 2.60. The molecule has 2 rings (SSSR count). The second-order valence-corrected chi connectivity index (χ2v) is 4.47. The maximum Gasteiger partial charge on any atom is 0.266 e. The Labute approximate surface area is 119 Å². The van der Waals surface area contributed by atoms with E-state index in [0.29, 0.717) is 21.5 Å². The largest absolute Gasteiger partial charge is 0.490 e. The van der Waals surface area contributed by atoms with Crippen molar-refractivity contribution in [3.05, 3.63) is 34.4 Å². The van der Waals surface area contributed by atoms with Gasteiger partial charge >= 0.3 is 0 Å². The molecule has 0 unspecified atom stereocenters. The number of halogens is 2. The van der Waals surface area contributed by atoms with Gasteiger partial charge in [0.25, 0.3) is 5.88 Å². The third-order valence-electron chi connectivity index (χ3n) is 1.97. The summed E-state index contributed by atoms with van der Waals surface area (Å²) in [5.74, 6) is 1.04. The van der Waals surface area contributed by atoms with Crippen LogP contribution in [-0.4, -0.2) is 17.1 Å². The lowest BCUT2D eigenvalue weighted by atomic mass is 10.3. The van der Waals surface area contributed by atoms with E-state index in [1.54, 1.807) is 18.2 Å². The van der Waals surface area contributed by atoms with E-state index in [0.717, 1.165) is 0 Å². The van der Waals surface area contributed by atoms with Gasteiger partial charge in [-0.25, -0.2) is 4.98 Å². The van der Waals surface area contributed by atoms with E-state index >= 15 is 0 Å². The molecular weight excluding hydrogens is 295 g/mol. The number of aromatic nitrogens is 2. The highest BCUT2D eigenvalue weighted by Crippen LogP contribution is 2.32. The summed E-state index contributed by atoms with van der Waals surface area (Å²) >= 11 is 16.6. The van der Waals surface area contributed by atoms with E-state index in [9.17, 15) is 0 Å². The Hall–Kier alpha value is -1.30. The minimum Gasteiger partial charge on any atom is -0.490 e. The Morgan fingerprint density at radius 3 is 2.44 bits per heavy atom. The fourth-order valence-electron chi connectivity index (χ4n) is 1.25. The molecule has 7 heteroatoms. The van der Waals surface area contributed by atoms with E-state index in [1.165, 1.54) is 13.3 Å². The number of hydrogen-bond acceptors (Lipinski definition) is 4. The predicted octanol–water partition coefficient (Wildman–Crippen LogP) is 4.14. The highest BCUT2D eigenvalue weighted by atomic mass is 35.5. The minimum absolute atomic E-state index is 0.166. The molecule has 1 heterocycles. The van der Waals surface area contributed by atoms with Gasteiger partial charge in [-0.05, 0) is 30.8 Å². The lowest BCUT2D eigenvalue weighted by Crippen LogP contribution is -1.95. The molecule has 0 saturated heterocycles. The predicted molar refractivity (Wildman–Crippen MR) is 71.0 cm³/mol. The van der Waals surface area contributed by atoms with Crippen LogP contribution in [0.15, 0.2) is 29.6 Å². The van der Waals surface area contributed by atoms with Crippen molar-refractivity contribution in [3.63, 3.8) is 0 Å². The summed E-state index contributed by atoms with van der Waals surface area (Å²) in [4.78, 5) is 7.80. The zero-order valence-electron chi connectivity index (χ0n) is 9.18. The summed E-state index contributed by atoms with van der Waals surface area (Å²) in [5, 5.41) is 1.09. The summed E-state index contributed by atoms with van der Waals surface area (Å²) in [6, 6.07) is 4.82. The summed E-state index contributed by atoms with van der Waals surface area (Å²) in [5.41, 5.74) is 0. The van der Waals surface area contributed by atoms with E-state index < -0.39 is 0 Å². The minimum atomic E-state index is 0.166.